The highest BCUT2D eigenvalue weighted by Gasteiger charge is 2.23. The van der Waals surface area contributed by atoms with Crippen molar-refractivity contribution in [3.05, 3.63) is 5.51 Å². The van der Waals surface area contributed by atoms with Crippen LogP contribution in [-0.2, 0) is 0 Å². The van der Waals surface area contributed by atoms with Crippen LogP contribution in [0.5, 0.6) is 0 Å². The highest BCUT2D eigenvalue weighted by Crippen LogP contribution is 2.24. The van der Waals surface area contributed by atoms with Gasteiger partial charge in [-0.1, -0.05) is 11.3 Å². The maximum absolute atomic E-state index is 5.78. The second-order valence-corrected chi connectivity index (χ2v) is 4.10. The van der Waals surface area contributed by atoms with Gasteiger partial charge in [-0.15, -0.1) is 21.8 Å². The van der Waals surface area contributed by atoms with Crippen LogP contribution in [0, 0.1) is 5.92 Å². The monoisotopic (exact) mass is 203 g/mol. The predicted molar refractivity (Wildman–Crippen MR) is 50.9 cm³/mol. The number of alkyl halides is 1. The predicted octanol–water partition coefficient (Wildman–Crippen LogP) is 1.60. The van der Waals surface area contributed by atoms with E-state index in [0.717, 1.165) is 24.1 Å². The smallest absolute Gasteiger partial charge is 0.208 e. The van der Waals surface area contributed by atoms with Crippen LogP contribution in [0.1, 0.15) is 6.42 Å². The maximum atomic E-state index is 5.78. The molecule has 1 atom stereocenters. The first-order valence-electron chi connectivity index (χ1n) is 3.97. The standard InChI is InChI=1S/C7H10ClN3S/c8-3-6-1-2-11(4-6)7-10-9-5-12-7/h5-6H,1-4H2. The lowest BCUT2D eigenvalue weighted by molar-refractivity contribution is 0.666. The van der Waals surface area contributed by atoms with E-state index < -0.39 is 0 Å². The summed E-state index contributed by atoms with van der Waals surface area (Å²) in [5.41, 5.74) is 1.77. The molecule has 0 aliphatic carbocycles. The molecule has 0 amide bonds. The highest BCUT2D eigenvalue weighted by molar-refractivity contribution is 7.13. The number of hydrogen-bond donors (Lipinski definition) is 0. The van der Waals surface area contributed by atoms with E-state index in [2.05, 4.69) is 15.1 Å². The van der Waals surface area contributed by atoms with Gasteiger partial charge in [0.25, 0.3) is 0 Å². The van der Waals surface area contributed by atoms with E-state index in [1.165, 1.54) is 6.42 Å². The van der Waals surface area contributed by atoms with Crippen molar-refractivity contribution in [2.75, 3.05) is 23.9 Å². The van der Waals surface area contributed by atoms with Gasteiger partial charge >= 0.3 is 0 Å². The Morgan fingerprint density at radius 3 is 3.25 bits per heavy atom. The molecule has 0 bridgehead atoms. The van der Waals surface area contributed by atoms with Gasteiger partial charge in [0.1, 0.15) is 5.51 Å². The zero-order valence-electron chi connectivity index (χ0n) is 6.61. The minimum atomic E-state index is 0.635. The van der Waals surface area contributed by atoms with Gasteiger partial charge in [0.05, 0.1) is 0 Å². The molecule has 1 fully saturated rings. The first-order chi connectivity index (χ1) is 5.90. The lowest BCUT2D eigenvalue weighted by atomic mass is 10.2. The van der Waals surface area contributed by atoms with Crippen molar-refractivity contribution in [2.45, 2.75) is 6.42 Å². The number of nitrogens with zero attached hydrogens (tertiary/aromatic N) is 3. The minimum absolute atomic E-state index is 0.635. The van der Waals surface area contributed by atoms with E-state index in [9.17, 15) is 0 Å². The Labute approximate surface area is 80.4 Å². The molecule has 1 unspecified atom stereocenters. The topological polar surface area (TPSA) is 29.0 Å². The molecule has 1 aromatic heterocycles. The first kappa shape index (κ1) is 8.26. The van der Waals surface area contributed by atoms with Crippen molar-refractivity contribution < 1.29 is 0 Å². The lowest BCUT2D eigenvalue weighted by Gasteiger charge is -2.12. The Morgan fingerprint density at radius 2 is 2.67 bits per heavy atom. The molecule has 12 heavy (non-hydrogen) atoms. The molecule has 1 aliphatic heterocycles. The Hall–Kier alpha value is -0.350. The van der Waals surface area contributed by atoms with Crippen molar-refractivity contribution in [1.29, 1.82) is 0 Å². The zero-order valence-corrected chi connectivity index (χ0v) is 8.18. The summed E-state index contributed by atoms with van der Waals surface area (Å²) >= 11 is 7.37. The van der Waals surface area contributed by atoms with E-state index in [1.807, 2.05) is 0 Å². The molecule has 5 heteroatoms. The lowest BCUT2D eigenvalue weighted by Crippen LogP contribution is -2.19. The van der Waals surface area contributed by atoms with Gasteiger partial charge in [0.15, 0.2) is 0 Å². The third kappa shape index (κ3) is 1.54. The summed E-state index contributed by atoms with van der Waals surface area (Å²) in [6.07, 6.45) is 1.18. The van der Waals surface area contributed by atoms with Gasteiger partial charge in [-0.25, -0.2) is 0 Å². The third-order valence-corrected chi connectivity index (χ3v) is 3.31. The Balaban J connectivity index is 2.00. The van der Waals surface area contributed by atoms with E-state index in [1.54, 1.807) is 16.8 Å². The Morgan fingerprint density at radius 1 is 1.75 bits per heavy atom. The van der Waals surface area contributed by atoms with E-state index >= 15 is 0 Å². The molecule has 0 radical (unpaired) electrons. The van der Waals surface area contributed by atoms with Crippen molar-refractivity contribution in [3.63, 3.8) is 0 Å². The fraction of sp³-hybridized carbons (Fsp3) is 0.714. The zero-order chi connectivity index (χ0) is 8.39. The van der Waals surface area contributed by atoms with Crippen LogP contribution in [0.2, 0.25) is 0 Å². The third-order valence-electron chi connectivity index (χ3n) is 2.12. The van der Waals surface area contributed by atoms with Crippen LogP contribution >= 0.6 is 22.9 Å². The molecule has 2 heterocycles. The number of aromatic nitrogens is 2. The molecule has 1 saturated heterocycles. The molecule has 0 N–H and O–H groups in total. The van der Waals surface area contributed by atoms with Gasteiger partial charge in [0.2, 0.25) is 5.13 Å². The summed E-state index contributed by atoms with van der Waals surface area (Å²) in [5, 5.41) is 8.86. The molecule has 0 saturated carbocycles. The number of anilines is 1. The van der Waals surface area contributed by atoms with Gasteiger partial charge in [0, 0.05) is 19.0 Å². The molecular formula is C7H10ClN3S. The molecule has 1 aliphatic rings. The van der Waals surface area contributed by atoms with E-state index in [4.69, 9.17) is 11.6 Å². The second kappa shape index (κ2) is 3.58. The van der Waals surface area contributed by atoms with Crippen LogP contribution in [0.15, 0.2) is 5.51 Å². The van der Waals surface area contributed by atoms with Crippen LogP contribution in [0.3, 0.4) is 0 Å². The summed E-state index contributed by atoms with van der Waals surface area (Å²) in [6, 6.07) is 0. The van der Waals surface area contributed by atoms with Crippen molar-refractivity contribution in [3.8, 4) is 0 Å². The van der Waals surface area contributed by atoms with Crippen LogP contribution in [-0.4, -0.2) is 29.2 Å². The van der Waals surface area contributed by atoms with Gasteiger partial charge < -0.3 is 4.90 Å². The molecular weight excluding hydrogens is 194 g/mol. The van der Waals surface area contributed by atoms with Crippen LogP contribution in [0.25, 0.3) is 0 Å². The molecule has 2 rings (SSSR count). The van der Waals surface area contributed by atoms with Gasteiger partial charge in [-0.2, -0.15) is 0 Å². The van der Waals surface area contributed by atoms with Crippen molar-refractivity contribution in [2.24, 2.45) is 5.92 Å². The van der Waals surface area contributed by atoms with Gasteiger partial charge in [-0.3, -0.25) is 0 Å². The molecule has 3 nitrogen and oxygen atoms in total. The first-order valence-corrected chi connectivity index (χ1v) is 5.38. The SMILES string of the molecule is ClCC1CCN(c2nncs2)C1. The average Bonchev–Trinajstić information content (AvgIpc) is 2.75. The molecule has 0 aromatic carbocycles. The number of hydrogen-bond acceptors (Lipinski definition) is 4. The Kier molecular flexibility index (Phi) is 2.46. The largest absolute Gasteiger partial charge is 0.346 e. The highest BCUT2D eigenvalue weighted by atomic mass is 35.5. The number of rotatable bonds is 2. The van der Waals surface area contributed by atoms with E-state index in [0.29, 0.717) is 5.92 Å². The fourth-order valence-corrected chi connectivity index (χ4v) is 2.29. The molecule has 66 valence electrons. The normalized spacial score (nSPS) is 23.4. The summed E-state index contributed by atoms with van der Waals surface area (Å²) in [4.78, 5) is 2.25. The Bertz CT molecular complexity index is 239. The quantitative estimate of drug-likeness (QED) is 0.684. The average molecular weight is 204 g/mol. The fourth-order valence-electron chi connectivity index (χ4n) is 1.44. The number of halogens is 1. The maximum Gasteiger partial charge on any atom is 0.208 e. The van der Waals surface area contributed by atoms with Crippen LogP contribution < -0.4 is 4.90 Å². The van der Waals surface area contributed by atoms with E-state index in [-0.39, 0.29) is 0 Å². The van der Waals surface area contributed by atoms with Gasteiger partial charge in [-0.05, 0) is 12.3 Å². The summed E-state index contributed by atoms with van der Waals surface area (Å²) in [7, 11) is 0. The summed E-state index contributed by atoms with van der Waals surface area (Å²) in [5.74, 6) is 1.39. The molecule has 0 spiro atoms. The summed E-state index contributed by atoms with van der Waals surface area (Å²) < 4.78 is 0. The van der Waals surface area contributed by atoms with Crippen LogP contribution in [0.4, 0.5) is 5.13 Å². The van der Waals surface area contributed by atoms with Crippen molar-refractivity contribution >= 4 is 28.1 Å². The second-order valence-electron chi connectivity index (χ2n) is 2.98. The summed E-state index contributed by atoms with van der Waals surface area (Å²) in [6.45, 7) is 2.12. The van der Waals surface area contributed by atoms with Crippen molar-refractivity contribution in [1.82, 2.24) is 10.2 Å². The molecule has 1 aromatic rings. The minimum Gasteiger partial charge on any atom is -0.346 e.